The van der Waals surface area contributed by atoms with Crippen LogP contribution in [0.3, 0.4) is 0 Å². The number of rotatable bonds is 8. The first-order valence-corrected chi connectivity index (χ1v) is 13.4. The number of nitrogens with one attached hydrogen (secondary N) is 1. The number of aromatic nitrogens is 1. The maximum Gasteiger partial charge on any atom is 0.263 e. The van der Waals surface area contributed by atoms with Gasteiger partial charge in [0.05, 0.1) is 41.2 Å². The van der Waals surface area contributed by atoms with Crippen molar-refractivity contribution in [2.75, 3.05) is 31.6 Å². The second-order valence-corrected chi connectivity index (χ2v) is 10.4. The third-order valence-electron chi connectivity index (χ3n) is 7.09. The van der Waals surface area contributed by atoms with Gasteiger partial charge < -0.3 is 15.0 Å². The van der Waals surface area contributed by atoms with Gasteiger partial charge in [-0.25, -0.2) is 4.98 Å². The zero-order chi connectivity index (χ0) is 25.9. The van der Waals surface area contributed by atoms with E-state index < -0.39 is 0 Å². The molecule has 0 atom stereocenters. The first-order chi connectivity index (χ1) is 18.0. The van der Waals surface area contributed by atoms with Crippen LogP contribution in [0.25, 0.3) is 0 Å². The number of imide groups is 1. The Labute approximate surface area is 220 Å². The monoisotopic (exact) mass is 518 g/mol. The molecule has 1 N–H and O–H groups in total. The maximum atomic E-state index is 13.4. The standard InChI is InChI=1S/C28H30N4O4S/c1-18-30-21(17-37-18)16-29-26(33)20-10-13-31(14-11-20)23-8-5-7-22-25(23)28(35)32(27(22)34)15-12-19-6-3-4-9-24(19)36-2/h3-9,17,20H,10-16H2,1-2H3,(H,29,33). The molecule has 1 aromatic heterocycles. The first-order valence-electron chi connectivity index (χ1n) is 12.5. The molecule has 2 aliphatic heterocycles. The Hall–Kier alpha value is -3.72. The molecule has 0 bridgehead atoms. The third kappa shape index (κ3) is 5.09. The molecule has 37 heavy (non-hydrogen) atoms. The molecule has 5 rings (SSSR count). The van der Waals surface area contributed by atoms with Crippen molar-refractivity contribution < 1.29 is 19.1 Å². The Kier molecular flexibility index (Phi) is 7.23. The molecule has 3 aromatic rings. The normalized spacial score (nSPS) is 15.7. The number of piperidine rings is 1. The van der Waals surface area contributed by atoms with Gasteiger partial charge in [-0.05, 0) is 49.9 Å². The molecular formula is C28H30N4O4S. The van der Waals surface area contributed by atoms with Gasteiger partial charge >= 0.3 is 0 Å². The number of aryl methyl sites for hydroxylation is 1. The van der Waals surface area contributed by atoms with Crippen molar-refractivity contribution >= 4 is 34.7 Å². The lowest BCUT2D eigenvalue weighted by molar-refractivity contribution is -0.125. The topological polar surface area (TPSA) is 91.8 Å². The van der Waals surface area contributed by atoms with Crippen molar-refractivity contribution in [2.24, 2.45) is 5.92 Å². The number of fused-ring (bicyclic) bond motifs is 1. The summed E-state index contributed by atoms with van der Waals surface area (Å²) in [6.07, 6.45) is 1.89. The van der Waals surface area contributed by atoms with E-state index in [2.05, 4.69) is 15.2 Å². The fourth-order valence-electron chi connectivity index (χ4n) is 5.12. The van der Waals surface area contributed by atoms with Gasteiger partial charge in [0.25, 0.3) is 11.8 Å². The van der Waals surface area contributed by atoms with E-state index in [1.54, 1.807) is 24.5 Å². The molecule has 0 saturated carbocycles. The molecule has 3 amide bonds. The molecule has 0 unspecified atom stereocenters. The SMILES string of the molecule is COc1ccccc1CCN1C(=O)c2cccc(N3CCC(C(=O)NCc4csc(C)n4)CC3)c2C1=O. The number of benzene rings is 2. The number of amides is 3. The summed E-state index contributed by atoms with van der Waals surface area (Å²) in [5.74, 6) is 0.181. The number of anilines is 1. The number of hydrogen-bond acceptors (Lipinski definition) is 7. The summed E-state index contributed by atoms with van der Waals surface area (Å²) in [7, 11) is 1.61. The number of thiazole rings is 1. The fraction of sp³-hybridized carbons (Fsp3) is 0.357. The zero-order valence-corrected chi connectivity index (χ0v) is 21.8. The predicted molar refractivity (Wildman–Crippen MR) is 142 cm³/mol. The summed E-state index contributed by atoms with van der Waals surface area (Å²) >= 11 is 1.57. The van der Waals surface area contributed by atoms with E-state index >= 15 is 0 Å². The van der Waals surface area contributed by atoms with Gasteiger partial charge in [0.2, 0.25) is 5.91 Å². The van der Waals surface area contributed by atoms with Crippen LogP contribution < -0.4 is 15.0 Å². The number of methoxy groups -OCH3 is 1. The highest BCUT2D eigenvalue weighted by Crippen LogP contribution is 2.34. The Bertz CT molecular complexity index is 1330. The van der Waals surface area contributed by atoms with Crippen molar-refractivity contribution in [1.82, 2.24) is 15.2 Å². The molecule has 0 spiro atoms. The molecule has 9 heteroatoms. The van der Waals surface area contributed by atoms with E-state index in [1.165, 1.54) is 4.90 Å². The van der Waals surface area contributed by atoms with Crippen LogP contribution in [0.4, 0.5) is 5.69 Å². The smallest absolute Gasteiger partial charge is 0.263 e. The lowest BCUT2D eigenvalue weighted by Gasteiger charge is -2.33. The van der Waals surface area contributed by atoms with Crippen molar-refractivity contribution in [3.8, 4) is 5.75 Å². The van der Waals surface area contributed by atoms with Crippen LogP contribution in [0.2, 0.25) is 0 Å². The zero-order valence-electron chi connectivity index (χ0n) is 21.0. The minimum Gasteiger partial charge on any atom is -0.496 e. The largest absolute Gasteiger partial charge is 0.496 e. The van der Waals surface area contributed by atoms with Gasteiger partial charge in [-0.2, -0.15) is 0 Å². The van der Waals surface area contributed by atoms with E-state index in [-0.39, 0.29) is 30.2 Å². The van der Waals surface area contributed by atoms with E-state index in [0.29, 0.717) is 50.0 Å². The molecule has 3 heterocycles. The quantitative estimate of drug-likeness (QED) is 0.456. The summed E-state index contributed by atoms with van der Waals surface area (Å²) in [4.78, 5) is 47.1. The number of carbonyl (C=O) groups is 3. The van der Waals surface area contributed by atoms with Gasteiger partial charge in [0, 0.05) is 30.9 Å². The van der Waals surface area contributed by atoms with E-state index in [9.17, 15) is 14.4 Å². The fourth-order valence-corrected chi connectivity index (χ4v) is 5.73. The number of para-hydroxylation sites is 1. The van der Waals surface area contributed by atoms with Crippen molar-refractivity contribution in [3.63, 3.8) is 0 Å². The highest BCUT2D eigenvalue weighted by molar-refractivity contribution is 7.09. The minimum atomic E-state index is -0.261. The minimum absolute atomic E-state index is 0.0392. The lowest BCUT2D eigenvalue weighted by Crippen LogP contribution is -2.41. The number of carbonyl (C=O) groups excluding carboxylic acids is 3. The highest BCUT2D eigenvalue weighted by atomic mass is 32.1. The van der Waals surface area contributed by atoms with Crippen molar-refractivity contribution in [1.29, 1.82) is 0 Å². The summed E-state index contributed by atoms with van der Waals surface area (Å²) in [6, 6.07) is 13.1. The number of hydrogen-bond donors (Lipinski definition) is 1. The van der Waals surface area contributed by atoms with Crippen LogP contribution in [0, 0.1) is 12.8 Å². The highest BCUT2D eigenvalue weighted by Gasteiger charge is 2.39. The van der Waals surface area contributed by atoms with Gasteiger partial charge in [-0.3, -0.25) is 19.3 Å². The maximum absolute atomic E-state index is 13.4. The summed E-state index contributed by atoms with van der Waals surface area (Å²) < 4.78 is 5.41. The molecule has 8 nitrogen and oxygen atoms in total. The first kappa shape index (κ1) is 25.0. The van der Waals surface area contributed by atoms with Crippen LogP contribution in [0.5, 0.6) is 5.75 Å². The molecular weight excluding hydrogens is 488 g/mol. The molecule has 192 valence electrons. The molecule has 0 radical (unpaired) electrons. The van der Waals surface area contributed by atoms with Crippen LogP contribution >= 0.6 is 11.3 Å². The van der Waals surface area contributed by atoms with Crippen LogP contribution in [-0.2, 0) is 17.8 Å². The molecule has 0 aliphatic carbocycles. The predicted octanol–water partition coefficient (Wildman–Crippen LogP) is 3.83. The molecule has 1 fully saturated rings. The average Bonchev–Trinajstić information content (AvgIpc) is 3.46. The van der Waals surface area contributed by atoms with E-state index in [1.807, 2.05) is 48.7 Å². The summed E-state index contributed by atoms with van der Waals surface area (Å²) in [5, 5.41) is 5.95. The van der Waals surface area contributed by atoms with Crippen molar-refractivity contribution in [3.05, 3.63) is 75.2 Å². The van der Waals surface area contributed by atoms with Crippen LogP contribution in [0.15, 0.2) is 47.8 Å². The molecule has 1 saturated heterocycles. The van der Waals surface area contributed by atoms with Crippen LogP contribution in [0.1, 0.15) is 49.8 Å². The van der Waals surface area contributed by atoms with Crippen LogP contribution in [-0.4, -0.2) is 54.3 Å². The summed E-state index contributed by atoms with van der Waals surface area (Å²) in [5.41, 5.74) is 3.52. The van der Waals surface area contributed by atoms with E-state index in [0.717, 1.165) is 27.7 Å². The number of nitrogens with zero attached hydrogens (tertiary/aromatic N) is 3. The lowest BCUT2D eigenvalue weighted by atomic mass is 9.94. The second kappa shape index (κ2) is 10.7. The third-order valence-corrected chi connectivity index (χ3v) is 7.91. The molecule has 2 aromatic carbocycles. The van der Waals surface area contributed by atoms with Gasteiger partial charge in [-0.1, -0.05) is 24.3 Å². The van der Waals surface area contributed by atoms with Crippen molar-refractivity contribution in [2.45, 2.75) is 32.7 Å². The van der Waals surface area contributed by atoms with E-state index in [4.69, 9.17) is 4.74 Å². The Morgan fingerprint density at radius 1 is 1.11 bits per heavy atom. The van der Waals surface area contributed by atoms with Gasteiger partial charge in [0.1, 0.15) is 5.75 Å². The van der Waals surface area contributed by atoms with Gasteiger partial charge in [0.15, 0.2) is 0 Å². The Morgan fingerprint density at radius 2 is 1.89 bits per heavy atom. The second-order valence-electron chi connectivity index (χ2n) is 9.36. The molecule has 2 aliphatic rings. The van der Waals surface area contributed by atoms with Gasteiger partial charge in [-0.15, -0.1) is 11.3 Å². The Balaban J connectivity index is 1.23. The number of ether oxygens (including phenoxy) is 1. The average molecular weight is 519 g/mol. The Morgan fingerprint density at radius 3 is 2.62 bits per heavy atom. The summed E-state index contributed by atoms with van der Waals surface area (Å²) in [6.45, 7) is 3.97.